The number of nitrogens with one attached hydrogen (secondary N) is 1. The highest BCUT2D eigenvalue weighted by molar-refractivity contribution is 7.85. The van der Waals surface area contributed by atoms with Crippen molar-refractivity contribution in [3.05, 3.63) is 23.2 Å². The van der Waals surface area contributed by atoms with E-state index in [1.165, 1.54) is 6.07 Å². The summed E-state index contributed by atoms with van der Waals surface area (Å²) in [4.78, 5) is 12.0. The number of amides is 1. The first-order valence-electron chi connectivity index (χ1n) is 5.74. The maximum absolute atomic E-state index is 11.9. The molecule has 0 aliphatic heterocycles. The van der Waals surface area contributed by atoms with Gasteiger partial charge in [0.2, 0.25) is 5.91 Å². The van der Waals surface area contributed by atoms with E-state index in [1.807, 2.05) is 6.92 Å². The standard InChI is InChI=1S/C12H17ClN2O2S/c1-2-3-6-15-12(16)8-18(17)9-4-5-11(14)10(13)7-9/h4-5,7H,2-3,6,8,14H2,1H3,(H,15,16). The van der Waals surface area contributed by atoms with Gasteiger partial charge in [0.1, 0.15) is 5.75 Å². The van der Waals surface area contributed by atoms with E-state index >= 15 is 0 Å². The Morgan fingerprint density at radius 3 is 2.83 bits per heavy atom. The van der Waals surface area contributed by atoms with Crippen molar-refractivity contribution >= 4 is 34.0 Å². The number of hydrogen-bond donors (Lipinski definition) is 2. The van der Waals surface area contributed by atoms with E-state index in [-0.39, 0.29) is 11.7 Å². The highest BCUT2D eigenvalue weighted by atomic mass is 35.5. The van der Waals surface area contributed by atoms with Crippen LogP contribution in [0.2, 0.25) is 5.02 Å². The van der Waals surface area contributed by atoms with Crippen LogP contribution in [0.25, 0.3) is 0 Å². The van der Waals surface area contributed by atoms with Crippen molar-refractivity contribution in [1.82, 2.24) is 5.32 Å². The second kappa shape index (κ2) is 7.38. The van der Waals surface area contributed by atoms with Crippen LogP contribution in [0.3, 0.4) is 0 Å². The zero-order chi connectivity index (χ0) is 13.5. The Balaban J connectivity index is 2.54. The van der Waals surface area contributed by atoms with Gasteiger partial charge in [0.25, 0.3) is 0 Å². The molecule has 1 atom stereocenters. The lowest BCUT2D eigenvalue weighted by molar-refractivity contribution is -0.118. The number of unbranched alkanes of at least 4 members (excludes halogenated alkanes) is 1. The van der Waals surface area contributed by atoms with E-state index in [4.69, 9.17) is 17.3 Å². The molecule has 100 valence electrons. The van der Waals surface area contributed by atoms with Crippen LogP contribution in [-0.4, -0.2) is 22.4 Å². The fourth-order valence-electron chi connectivity index (χ4n) is 1.31. The van der Waals surface area contributed by atoms with Gasteiger partial charge in [0.15, 0.2) is 0 Å². The zero-order valence-electron chi connectivity index (χ0n) is 10.2. The van der Waals surface area contributed by atoms with E-state index in [0.29, 0.717) is 22.2 Å². The van der Waals surface area contributed by atoms with E-state index < -0.39 is 10.8 Å². The van der Waals surface area contributed by atoms with Gasteiger partial charge in [0, 0.05) is 11.4 Å². The van der Waals surface area contributed by atoms with Gasteiger partial charge in [0.05, 0.1) is 21.5 Å². The second-order valence-corrected chi connectivity index (χ2v) is 5.74. The van der Waals surface area contributed by atoms with Crippen LogP contribution >= 0.6 is 11.6 Å². The lowest BCUT2D eigenvalue weighted by Gasteiger charge is -2.05. The summed E-state index contributed by atoms with van der Waals surface area (Å²) in [5, 5.41) is 3.07. The largest absolute Gasteiger partial charge is 0.398 e. The van der Waals surface area contributed by atoms with Crippen LogP contribution in [0.5, 0.6) is 0 Å². The van der Waals surface area contributed by atoms with Crippen molar-refractivity contribution < 1.29 is 9.00 Å². The number of halogens is 1. The fraction of sp³-hybridized carbons (Fsp3) is 0.417. The molecule has 1 unspecified atom stereocenters. The SMILES string of the molecule is CCCCNC(=O)CS(=O)c1ccc(N)c(Cl)c1. The molecule has 0 bridgehead atoms. The van der Waals surface area contributed by atoms with Crippen LogP contribution in [0.15, 0.2) is 23.1 Å². The molecule has 0 saturated carbocycles. The molecule has 1 rings (SSSR count). The minimum Gasteiger partial charge on any atom is -0.398 e. The van der Waals surface area contributed by atoms with Gasteiger partial charge >= 0.3 is 0 Å². The van der Waals surface area contributed by atoms with Gasteiger partial charge < -0.3 is 11.1 Å². The molecule has 4 nitrogen and oxygen atoms in total. The first kappa shape index (κ1) is 15.0. The minimum atomic E-state index is -1.39. The molecule has 0 aliphatic rings. The van der Waals surface area contributed by atoms with E-state index in [9.17, 15) is 9.00 Å². The van der Waals surface area contributed by atoms with Crippen molar-refractivity contribution in [2.45, 2.75) is 24.7 Å². The van der Waals surface area contributed by atoms with Gasteiger partial charge in [-0.2, -0.15) is 0 Å². The summed E-state index contributed by atoms with van der Waals surface area (Å²) >= 11 is 5.84. The number of nitrogens with two attached hydrogens (primary N) is 1. The molecule has 0 aliphatic carbocycles. The van der Waals surface area contributed by atoms with Crippen molar-refractivity contribution in [1.29, 1.82) is 0 Å². The predicted molar refractivity (Wildman–Crippen MR) is 75.1 cm³/mol. The van der Waals surface area contributed by atoms with E-state index in [0.717, 1.165) is 12.8 Å². The molecule has 1 aromatic rings. The molecule has 1 amide bonds. The Hall–Kier alpha value is -1.07. The highest BCUT2D eigenvalue weighted by Gasteiger charge is 2.11. The highest BCUT2D eigenvalue weighted by Crippen LogP contribution is 2.21. The minimum absolute atomic E-state index is 0.0516. The van der Waals surface area contributed by atoms with E-state index in [1.54, 1.807) is 12.1 Å². The Labute approximate surface area is 114 Å². The number of anilines is 1. The van der Waals surface area contributed by atoms with Crippen LogP contribution < -0.4 is 11.1 Å². The maximum atomic E-state index is 11.9. The fourth-order valence-corrected chi connectivity index (χ4v) is 2.53. The topological polar surface area (TPSA) is 72.2 Å². The summed E-state index contributed by atoms with van der Waals surface area (Å²) in [6.07, 6.45) is 1.93. The van der Waals surface area contributed by atoms with E-state index in [2.05, 4.69) is 5.32 Å². The zero-order valence-corrected chi connectivity index (χ0v) is 11.8. The van der Waals surface area contributed by atoms with Gasteiger partial charge in [-0.15, -0.1) is 0 Å². The summed E-state index contributed by atoms with van der Waals surface area (Å²) in [6.45, 7) is 2.66. The molecule has 0 saturated heterocycles. The lowest BCUT2D eigenvalue weighted by atomic mass is 10.3. The summed E-state index contributed by atoms with van der Waals surface area (Å²) in [7, 11) is -1.39. The number of nitrogen functional groups attached to an aromatic ring is 1. The van der Waals surface area contributed by atoms with Gasteiger partial charge in [-0.05, 0) is 24.6 Å². The third-order valence-electron chi connectivity index (χ3n) is 2.35. The Morgan fingerprint density at radius 2 is 2.22 bits per heavy atom. The normalized spacial score (nSPS) is 12.1. The summed E-state index contributed by atoms with van der Waals surface area (Å²) in [6, 6.07) is 4.74. The van der Waals surface area contributed by atoms with Crippen LogP contribution in [-0.2, 0) is 15.6 Å². The number of hydrogen-bond acceptors (Lipinski definition) is 3. The first-order chi connectivity index (χ1) is 8.54. The van der Waals surface area contributed by atoms with Crippen LogP contribution in [0, 0.1) is 0 Å². The molecular weight excluding hydrogens is 272 g/mol. The third kappa shape index (κ3) is 4.66. The smallest absolute Gasteiger partial charge is 0.232 e. The van der Waals surface area contributed by atoms with Crippen molar-refractivity contribution in [3.63, 3.8) is 0 Å². The van der Waals surface area contributed by atoms with Crippen molar-refractivity contribution in [2.75, 3.05) is 18.0 Å². The lowest BCUT2D eigenvalue weighted by Crippen LogP contribution is -2.29. The molecular formula is C12H17ClN2O2S. The molecule has 0 aromatic heterocycles. The monoisotopic (exact) mass is 288 g/mol. The second-order valence-electron chi connectivity index (χ2n) is 3.88. The maximum Gasteiger partial charge on any atom is 0.232 e. The molecule has 18 heavy (non-hydrogen) atoms. The van der Waals surface area contributed by atoms with Gasteiger partial charge in [-0.25, -0.2) is 0 Å². The number of carbonyl (C=O) groups is 1. The molecule has 0 radical (unpaired) electrons. The predicted octanol–water partition coefficient (Wildman–Crippen LogP) is 1.95. The van der Waals surface area contributed by atoms with Gasteiger partial charge in [-0.1, -0.05) is 24.9 Å². The summed E-state index contributed by atoms with van der Waals surface area (Å²) in [5.74, 6) is -0.265. The number of carbonyl (C=O) groups excluding carboxylic acids is 1. The van der Waals surface area contributed by atoms with Crippen LogP contribution in [0.4, 0.5) is 5.69 Å². The molecule has 6 heteroatoms. The average molecular weight is 289 g/mol. The average Bonchev–Trinajstić information content (AvgIpc) is 2.33. The number of rotatable bonds is 6. The Bertz CT molecular complexity index is 452. The first-order valence-corrected chi connectivity index (χ1v) is 7.44. The molecule has 0 fully saturated rings. The number of benzene rings is 1. The Morgan fingerprint density at radius 1 is 1.50 bits per heavy atom. The van der Waals surface area contributed by atoms with Crippen LogP contribution in [0.1, 0.15) is 19.8 Å². The molecule has 3 N–H and O–H groups in total. The van der Waals surface area contributed by atoms with Crippen molar-refractivity contribution in [2.24, 2.45) is 0 Å². The summed E-state index contributed by atoms with van der Waals surface area (Å²) in [5.41, 5.74) is 6.00. The molecule has 0 heterocycles. The Kier molecular flexibility index (Phi) is 6.15. The van der Waals surface area contributed by atoms with Crippen molar-refractivity contribution in [3.8, 4) is 0 Å². The summed E-state index contributed by atoms with van der Waals surface area (Å²) < 4.78 is 11.9. The molecule has 0 spiro atoms. The van der Waals surface area contributed by atoms with Gasteiger partial charge in [-0.3, -0.25) is 9.00 Å². The third-order valence-corrected chi connectivity index (χ3v) is 3.98. The molecule has 1 aromatic carbocycles. The quantitative estimate of drug-likeness (QED) is 0.621.